The maximum Gasteiger partial charge on any atom is 0.416 e. The molecule has 0 unspecified atom stereocenters. The molecule has 20 rings (SSSR count). The topological polar surface area (TPSA) is 389 Å². The van der Waals surface area contributed by atoms with E-state index in [0.29, 0.717) is 165 Å². The Morgan fingerprint density at radius 1 is 0.347 bits per heavy atom. The normalized spacial score (nSPS) is 12.1. The van der Waals surface area contributed by atoms with Crippen LogP contribution in [0.3, 0.4) is 0 Å². The first kappa shape index (κ1) is 102. The van der Waals surface area contributed by atoms with Crippen LogP contribution in [0.5, 0.6) is 0 Å². The lowest BCUT2D eigenvalue weighted by Crippen LogP contribution is -2.14. The van der Waals surface area contributed by atoms with Gasteiger partial charge in [0, 0.05) is 133 Å². The van der Waals surface area contributed by atoms with Crippen LogP contribution in [-0.2, 0) is 60.0 Å². The van der Waals surface area contributed by atoms with Crippen molar-refractivity contribution in [2.45, 2.75) is 121 Å². The summed E-state index contributed by atoms with van der Waals surface area (Å²) in [6.07, 6.45) is 9.58. The van der Waals surface area contributed by atoms with Crippen LogP contribution in [0.1, 0.15) is 144 Å². The number of carbonyl (C=O) groups is 5. The number of hydrogen-bond donors (Lipinski definition) is 5. The van der Waals surface area contributed by atoms with Gasteiger partial charge in [0.1, 0.15) is 5.65 Å². The third kappa shape index (κ3) is 22.9. The Morgan fingerprint density at radius 3 is 0.931 bits per heavy atom. The van der Waals surface area contributed by atoms with Crippen molar-refractivity contribution in [2.24, 2.45) is 41.5 Å². The highest BCUT2D eigenvalue weighted by Gasteiger charge is 2.32. The fourth-order valence-electron chi connectivity index (χ4n) is 15.9. The van der Waals surface area contributed by atoms with Crippen molar-refractivity contribution in [1.29, 1.82) is 0 Å². The van der Waals surface area contributed by atoms with Crippen molar-refractivity contribution in [3.63, 3.8) is 0 Å². The standard InChI is InChI=1S/C22H22ClN5O.C21H21ClN6O.C20H18Cl2N6O.C19H14ClF3N6O.C18H14Cl2N6O/c1-13-5-7-16(8-6-13)25-22(29)18-10-24-21-19(20(18)23)14(2)11-28(21)12-17-9-15(3)27(4)26-17;1-12-5-7-15(8-6-12)24-21(29)17-10-23-20-18(19(17)22)14(3)26-28(20)11-16-9-13(2)25-27(16)4;1-11-8-15(27(3)25-11)10-28-19-17(12(2)26-28)18(22)16(9-23-19)20(29)24-14-6-4-13(21)5-7-14;1-10-15-16(20)14(8-24-17(15)29(28-10)9-13-6-7-25-27-13)18(30)26-12-4-2-11(3-5-12)19(21,22)23;1-10-15-16(20)14(18(27)23-12-4-2-11(19)3-5-12)8-21-17(15)26(25-10)9-13-6-7-22-24-13/h5-11H,12H2,1-4H3,(H,25,29);5-10H,11H2,1-4H3,(H,24,29);4-9H,10H2,1-3H3,(H,24,29);2-5,7-8H,6,9H2,1H3,(H,26,30);2-5,7-8H,6,9H2,1H3,(H,23,27). The van der Waals surface area contributed by atoms with Crippen LogP contribution in [-0.4, -0.2) is 151 Å². The SMILES string of the molecule is Cc1cc(Cn2nc(C)c3c(Cl)c(C(=O)Nc4ccc(Cl)cc4)cnc32)n(C)n1.Cc1ccc(NC(=O)c2cnc3c(c(C)cn3Cc3cc(C)n(C)n3)c2Cl)cc1.Cc1ccc(NC(=O)c2cnc3c(c(C)nn3Cc3cc(C)nn3C)c2Cl)cc1.Cc1nn(CC2=NN=CC2)c2ncc(C(=O)Nc3ccc(C(F)(F)F)cc3)c(Cl)c12.Cc1nn(CC2=NN=CC2)c2ncc(C(=O)Nc3ccc(Cl)cc3)c(Cl)c12. The van der Waals surface area contributed by atoms with E-state index in [4.69, 9.17) is 81.2 Å². The van der Waals surface area contributed by atoms with E-state index < -0.39 is 17.6 Å². The average molecular weight is 2080 g/mol. The van der Waals surface area contributed by atoms with E-state index in [2.05, 4.69) is 108 Å². The molecule has 144 heavy (non-hydrogen) atoms. The molecule has 34 nitrogen and oxygen atoms in total. The number of benzene rings is 5. The average Bonchev–Trinajstić information content (AvgIpc) is 1.64. The number of pyridine rings is 5. The Labute approximate surface area is 855 Å². The molecule has 0 atom stereocenters. The lowest BCUT2D eigenvalue weighted by molar-refractivity contribution is -0.137. The number of nitrogens with one attached hydrogen (secondary N) is 5. The molecule has 13 aromatic heterocycles. The van der Waals surface area contributed by atoms with Crippen molar-refractivity contribution in [1.82, 2.24) is 98.0 Å². The minimum absolute atomic E-state index is 0.0910. The summed E-state index contributed by atoms with van der Waals surface area (Å²) in [6.45, 7) is 21.6. The number of aryl methyl sites for hydroxylation is 13. The molecule has 18 aromatic rings. The number of nitrogens with zero attached hydrogens (tertiary/aromatic N) is 24. The Bertz CT molecular complexity index is 7960. The maximum absolute atomic E-state index is 12.8. The molecule has 5 amide bonds. The second kappa shape index (κ2) is 43.3. The van der Waals surface area contributed by atoms with E-state index in [1.54, 1.807) is 86.6 Å². The summed E-state index contributed by atoms with van der Waals surface area (Å²) in [5, 5.41) is 67.0. The van der Waals surface area contributed by atoms with Gasteiger partial charge in [0.25, 0.3) is 29.5 Å². The lowest BCUT2D eigenvalue weighted by atomic mass is 10.1. The summed E-state index contributed by atoms with van der Waals surface area (Å²) < 4.78 is 52.5. The predicted octanol–water partition coefficient (Wildman–Crippen LogP) is 21.7. The number of anilines is 5. The molecule has 44 heteroatoms. The molecule has 734 valence electrons. The molecule has 0 saturated carbocycles. The van der Waals surface area contributed by atoms with Gasteiger partial charge in [-0.1, -0.05) is 117 Å². The van der Waals surface area contributed by atoms with Gasteiger partial charge in [0.2, 0.25) is 0 Å². The Kier molecular flexibility index (Phi) is 30.6. The molecule has 0 saturated heterocycles. The minimum Gasteiger partial charge on any atom is -0.326 e. The van der Waals surface area contributed by atoms with Gasteiger partial charge in [-0.3, -0.25) is 38.0 Å². The van der Waals surface area contributed by atoms with E-state index in [-0.39, 0.29) is 51.0 Å². The van der Waals surface area contributed by atoms with Crippen LogP contribution in [0.25, 0.3) is 55.2 Å². The van der Waals surface area contributed by atoms with Gasteiger partial charge in [0.15, 0.2) is 22.6 Å². The number of rotatable bonds is 20. The zero-order valence-corrected chi connectivity index (χ0v) is 84.7. The molecule has 0 bridgehead atoms. The number of alkyl halides is 3. The van der Waals surface area contributed by atoms with Crippen molar-refractivity contribution in [2.75, 3.05) is 26.6 Å². The van der Waals surface area contributed by atoms with E-state index in [9.17, 15) is 37.1 Å². The van der Waals surface area contributed by atoms with Gasteiger partial charge in [-0.15, -0.1) is 0 Å². The Hall–Kier alpha value is -15.3. The van der Waals surface area contributed by atoms with Crippen LogP contribution in [0.2, 0.25) is 35.2 Å². The summed E-state index contributed by atoms with van der Waals surface area (Å²) in [5.74, 6) is -1.86. The molecule has 0 aliphatic carbocycles. The first-order valence-electron chi connectivity index (χ1n) is 44.5. The molecule has 0 radical (unpaired) electrons. The van der Waals surface area contributed by atoms with Crippen molar-refractivity contribution < 1.29 is 37.1 Å². The predicted molar refractivity (Wildman–Crippen MR) is 557 cm³/mol. The van der Waals surface area contributed by atoms with Crippen LogP contribution in [0, 0.1) is 69.2 Å². The summed E-state index contributed by atoms with van der Waals surface area (Å²) in [7, 11) is 5.71. The largest absolute Gasteiger partial charge is 0.416 e. The smallest absolute Gasteiger partial charge is 0.326 e. The van der Waals surface area contributed by atoms with Crippen molar-refractivity contribution in [3.05, 3.63) is 319 Å². The molecule has 0 spiro atoms. The number of halogens is 10. The first-order chi connectivity index (χ1) is 68.7. The zero-order chi connectivity index (χ0) is 103. The van der Waals surface area contributed by atoms with Gasteiger partial charge in [-0.2, -0.15) is 69.3 Å². The van der Waals surface area contributed by atoms with Crippen molar-refractivity contribution in [3.8, 4) is 0 Å². The van der Waals surface area contributed by atoms with Gasteiger partial charge >= 0.3 is 6.18 Å². The van der Waals surface area contributed by atoms with Crippen LogP contribution < -0.4 is 26.6 Å². The monoisotopic (exact) mass is 2080 g/mol. The van der Waals surface area contributed by atoms with E-state index in [1.165, 1.54) is 43.1 Å². The zero-order valence-electron chi connectivity index (χ0n) is 79.4. The van der Waals surface area contributed by atoms with Gasteiger partial charge in [-0.05, 0) is 190 Å². The highest BCUT2D eigenvalue weighted by Crippen LogP contribution is 2.38. The summed E-state index contributed by atoms with van der Waals surface area (Å²) >= 11 is 44.6. The number of fused-ring (bicyclic) bond motifs is 5. The summed E-state index contributed by atoms with van der Waals surface area (Å²) in [6, 6.07) is 39.1. The number of amides is 5. The molecule has 5 aromatic carbocycles. The maximum atomic E-state index is 12.8. The Balaban J connectivity index is 0.000000129. The van der Waals surface area contributed by atoms with E-state index in [0.717, 1.165) is 96.8 Å². The molecule has 0 fully saturated rings. The lowest BCUT2D eigenvalue weighted by Gasteiger charge is -2.10. The van der Waals surface area contributed by atoms with E-state index >= 15 is 0 Å². The van der Waals surface area contributed by atoms with Crippen LogP contribution >= 0.6 is 81.2 Å². The second-order valence-electron chi connectivity index (χ2n) is 34.0. The summed E-state index contributed by atoms with van der Waals surface area (Å²) in [5.41, 5.74) is 20.1. The molecule has 2 aliphatic rings. The number of hydrogen-bond acceptors (Lipinski definition) is 21. The fourth-order valence-corrected chi connectivity index (χ4v) is 18.0. The van der Waals surface area contributed by atoms with Gasteiger partial charge < -0.3 is 31.2 Å². The van der Waals surface area contributed by atoms with Gasteiger partial charge in [-0.25, -0.2) is 43.6 Å². The number of aromatic nitrogens is 20. The summed E-state index contributed by atoms with van der Waals surface area (Å²) in [4.78, 5) is 85.7. The van der Waals surface area contributed by atoms with Crippen LogP contribution in [0.4, 0.5) is 41.6 Å². The number of carbonyl (C=O) groups excluding carboxylic acids is 5. The second-order valence-corrected chi connectivity index (χ2v) is 36.7. The highest BCUT2D eigenvalue weighted by molar-refractivity contribution is 6.42. The molecule has 2 aliphatic heterocycles. The molecule has 15 heterocycles. The quantitative estimate of drug-likeness (QED) is 0.0473. The third-order valence-corrected chi connectivity index (χ3v) is 25.7. The molecular formula is C100H89Cl7F3N29O5. The third-order valence-electron chi connectivity index (χ3n) is 23.2. The van der Waals surface area contributed by atoms with Crippen LogP contribution in [0.15, 0.2) is 197 Å². The molecular weight excluding hydrogens is 1990 g/mol. The van der Waals surface area contributed by atoms with Gasteiger partial charge in [0.05, 0.1) is 175 Å². The minimum atomic E-state index is -4.45. The highest BCUT2D eigenvalue weighted by atomic mass is 35.5. The molecule has 5 N–H and O–H groups in total. The first-order valence-corrected chi connectivity index (χ1v) is 47.1. The Morgan fingerprint density at radius 2 is 0.646 bits per heavy atom. The van der Waals surface area contributed by atoms with Crippen molar-refractivity contribution >= 4 is 218 Å². The fraction of sp³-hybridized carbons (Fsp3) is 0.210. The van der Waals surface area contributed by atoms with E-state index in [1.807, 2.05) is 175 Å².